The second-order valence-electron chi connectivity index (χ2n) is 8.46. The fourth-order valence-electron chi connectivity index (χ4n) is 4.36. The molecule has 7 nitrogen and oxygen atoms in total. The fourth-order valence-corrected chi connectivity index (χ4v) is 4.49. The number of hydrogen-bond donors (Lipinski definition) is 0. The Hall–Kier alpha value is -3.58. The molecule has 3 heterocycles. The van der Waals surface area contributed by atoms with Gasteiger partial charge < -0.3 is 9.47 Å². The van der Waals surface area contributed by atoms with Crippen molar-refractivity contribution in [3.8, 4) is 0 Å². The number of allylic oxidation sites excluding steroid dienone is 1. The van der Waals surface area contributed by atoms with Gasteiger partial charge in [-0.25, -0.2) is 4.79 Å². The molecule has 33 heavy (non-hydrogen) atoms. The summed E-state index contributed by atoms with van der Waals surface area (Å²) in [6, 6.07) is 17.3. The van der Waals surface area contributed by atoms with E-state index in [0.29, 0.717) is 28.7 Å². The molecule has 0 bridgehead atoms. The molecule has 1 atom stereocenters. The first-order valence-electron chi connectivity index (χ1n) is 10.9. The Bertz CT molecular complexity index is 1470. The van der Waals surface area contributed by atoms with E-state index in [0.717, 1.165) is 17.8 Å². The third kappa shape index (κ3) is 3.78. The van der Waals surface area contributed by atoms with Crippen molar-refractivity contribution in [3.05, 3.63) is 92.1 Å². The normalized spacial score (nSPS) is 16.0. The summed E-state index contributed by atoms with van der Waals surface area (Å²) in [5, 5.41) is 0.658. The first-order valence-corrected chi connectivity index (χ1v) is 11.3. The molecular formula is C25H24ClN5O2. The molecule has 4 aromatic rings. The lowest BCUT2D eigenvalue weighted by Gasteiger charge is -2.33. The predicted octanol–water partition coefficient (Wildman–Crippen LogP) is 4.05. The number of rotatable bonds is 4. The Morgan fingerprint density at radius 3 is 2.52 bits per heavy atom. The number of nitrogens with zero attached hydrogens (tertiary/aromatic N) is 5. The lowest BCUT2D eigenvalue weighted by molar-refractivity contribution is 0.458. The molecule has 0 saturated heterocycles. The number of imidazole rings is 1. The zero-order valence-corrected chi connectivity index (χ0v) is 19.2. The zero-order valence-electron chi connectivity index (χ0n) is 18.5. The lowest BCUT2D eigenvalue weighted by atomic mass is 10.1. The van der Waals surface area contributed by atoms with Crippen molar-refractivity contribution in [3.63, 3.8) is 0 Å². The minimum atomic E-state index is -0.383. The highest BCUT2D eigenvalue weighted by molar-refractivity contribution is 6.30. The van der Waals surface area contributed by atoms with Crippen LogP contribution in [0.15, 0.2) is 70.3 Å². The molecule has 8 heteroatoms. The van der Waals surface area contributed by atoms with Gasteiger partial charge in [-0.2, -0.15) is 4.98 Å². The summed E-state index contributed by atoms with van der Waals surface area (Å²) in [7, 11) is 1.66. The fraction of sp³-hybridized carbons (Fsp3) is 0.240. The van der Waals surface area contributed by atoms with E-state index in [9.17, 15) is 9.59 Å². The Labute approximate surface area is 195 Å². The maximum atomic E-state index is 13.5. The van der Waals surface area contributed by atoms with Gasteiger partial charge in [0.1, 0.15) is 0 Å². The number of anilines is 2. The number of benzene rings is 2. The molecule has 5 rings (SSSR count). The number of aromatic nitrogens is 4. The lowest BCUT2D eigenvalue weighted by Crippen LogP contribution is -2.40. The first-order chi connectivity index (χ1) is 15.9. The number of fused-ring (bicyclic) bond motifs is 3. The molecule has 0 amide bonds. The van der Waals surface area contributed by atoms with Gasteiger partial charge in [0.05, 0.1) is 0 Å². The largest absolute Gasteiger partial charge is 0.332 e. The van der Waals surface area contributed by atoms with Crippen LogP contribution in [-0.4, -0.2) is 25.2 Å². The van der Waals surface area contributed by atoms with E-state index in [1.165, 1.54) is 9.13 Å². The van der Waals surface area contributed by atoms with Crippen LogP contribution in [0.1, 0.15) is 12.5 Å². The predicted molar refractivity (Wildman–Crippen MR) is 132 cm³/mol. The van der Waals surface area contributed by atoms with Crippen LogP contribution in [0.4, 0.5) is 11.6 Å². The third-order valence-electron chi connectivity index (χ3n) is 5.98. The molecule has 0 saturated carbocycles. The zero-order chi connectivity index (χ0) is 23.1. The number of hydrogen-bond acceptors (Lipinski definition) is 4. The molecule has 1 aliphatic heterocycles. The highest BCUT2D eigenvalue weighted by Gasteiger charge is 2.29. The third-order valence-corrected chi connectivity index (χ3v) is 6.23. The Morgan fingerprint density at radius 1 is 1.06 bits per heavy atom. The van der Waals surface area contributed by atoms with Gasteiger partial charge in [-0.1, -0.05) is 61.0 Å². The molecule has 0 N–H and O–H groups in total. The summed E-state index contributed by atoms with van der Waals surface area (Å²) < 4.78 is 4.67. The van der Waals surface area contributed by atoms with Gasteiger partial charge in [0.25, 0.3) is 5.56 Å². The smallest absolute Gasteiger partial charge is 0.312 e. The summed E-state index contributed by atoms with van der Waals surface area (Å²) in [6.45, 7) is 3.74. The molecule has 1 aliphatic rings. The van der Waals surface area contributed by atoms with Gasteiger partial charge >= 0.3 is 5.69 Å². The second-order valence-corrected chi connectivity index (χ2v) is 8.89. The highest BCUT2D eigenvalue weighted by Crippen LogP contribution is 2.33. The topological polar surface area (TPSA) is 65.1 Å². The number of aryl methyl sites for hydroxylation is 1. The Kier molecular flexibility index (Phi) is 5.42. The van der Waals surface area contributed by atoms with Crippen LogP contribution in [0.2, 0.25) is 5.02 Å². The van der Waals surface area contributed by atoms with E-state index < -0.39 is 0 Å². The van der Waals surface area contributed by atoms with E-state index in [2.05, 4.69) is 11.8 Å². The van der Waals surface area contributed by atoms with Crippen LogP contribution >= 0.6 is 11.6 Å². The van der Waals surface area contributed by atoms with Gasteiger partial charge in [0, 0.05) is 37.4 Å². The summed E-state index contributed by atoms with van der Waals surface area (Å²) in [5.41, 5.74) is 2.10. The second kappa shape index (κ2) is 8.41. The summed E-state index contributed by atoms with van der Waals surface area (Å²) in [6.07, 6.45) is 3.74. The monoisotopic (exact) mass is 461 g/mol. The molecule has 0 radical (unpaired) electrons. The highest BCUT2D eigenvalue weighted by atomic mass is 35.5. The van der Waals surface area contributed by atoms with Crippen molar-refractivity contribution in [1.29, 1.82) is 0 Å². The number of halogens is 1. The molecular weight excluding hydrogens is 438 g/mol. The van der Waals surface area contributed by atoms with Crippen LogP contribution in [0, 0.1) is 5.92 Å². The van der Waals surface area contributed by atoms with Crippen molar-refractivity contribution in [2.24, 2.45) is 13.0 Å². The summed E-state index contributed by atoms with van der Waals surface area (Å²) >= 11 is 6.07. The van der Waals surface area contributed by atoms with Crippen molar-refractivity contribution in [2.45, 2.75) is 20.0 Å². The van der Waals surface area contributed by atoms with Gasteiger partial charge in [0.15, 0.2) is 11.2 Å². The van der Waals surface area contributed by atoms with Gasteiger partial charge in [-0.15, -0.1) is 0 Å². The quantitative estimate of drug-likeness (QED) is 0.460. The summed E-state index contributed by atoms with van der Waals surface area (Å²) in [5.74, 6) is 0.948. The van der Waals surface area contributed by atoms with E-state index in [-0.39, 0.29) is 23.7 Å². The first kappa shape index (κ1) is 21.3. The molecule has 0 unspecified atom stereocenters. The molecule has 168 valence electrons. The van der Waals surface area contributed by atoms with E-state index in [1.807, 2.05) is 71.3 Å². The molecule has 0 aliphatic carbocycles. The van der Waals surface area contributed by atoms with Crippen LogP contribution in [0.25, 0.3) is 17.2 Å². The van der Waals surface area contributed by atoms with Crippen LogP contribution < -0.4 is 16.1 Å². The molecule has 2 aromatic carbocycles. The standard InChI is InChI=1S/C25H24ClN5O2/c1-17-15-30(20-12-10-19(26)11-13-20)24-27-22-21(31(24)16-17)23(32)29(25(33)28(22)2)14-6-9-18-7-4-3-5-8-18/h3-13,17H,14-16H2,1-2H3/b9-6+/t17-/m0/s1. The Morgan fingerprint density at radius 2 is 1.79 bits per heavy atom. The van der Waals surface area contributed by atoms with E-state index in [1.54, 1.807) is 7.05 Å². The van der Waals surface area contributed by atoms with E-state index >= 15 is 0 Å². The van der Waals surface area contributed by atoms with Gasteiger partial charge in [-0.05, 0) is 35.7 Å². The van der Waals surface area contributed by atoms with E-state index in [4.69, 9.17) is 16.6 Å². The average Bonchev–Trinajstić information content (AvgIpc) is 3.20. The van der Waals surface area contributed by atoms with Crippen molar-refractivity contribution in [2.75, 3.05) is 11.4 Å². The van der Waals surface area contributed by atoms with Gasteiger partial charge in [-0.3, -0.25) is 13.9 Å². The average molecular weight is 462 g/mol. The maximum Gasteiger partial charge on any atom is 0.332 e. The van der Waals surface area contributed by atoms with Gasteiger partial charge in [0.2, 0.25) is 5.95 Å². The minimum absolute atomic E-state index is 0.188. The van der Waals surface area contributed by atoms with Crippen molar-refractivity contribution < 1.29 is 0 Å². The van der Waals surface area contributed by atoms with Crippen LogP contribution in [0.3, 0.4) is 0 Å². The van der Waals surface area contributed by atoms with Crippen LogP contribution in [0.5, 0.6) is 0 Å². The van der Waals surface area contributed by atoms with Crippen molar-refractivity contribution in [1.82, 2.24) is 18.7 Å². The molecule has 0 fully saturated rings. The van der Waals surface area contributed by atoms with Crippen molar-refractivity contribution >= 4 is 40.5 Å². The summed E-state index contributed by atoms with van der Waals surface area (Å²) in [4.78, 5) is 33.3. The molecule has 2 aromatic heterocycles. The minimum Gasteiger partial charge on any atom is -0.312 e. The molecule has 0 spiro atoms. The SMILES string of the molecule is C[C@H]1CN(c2ccc(Cl)cc2)c2nc3c(c(=O)n(C/C=C/c4ccccc4)c(=O)n3C)n2C1. The maximum absolute atomic E-state index is 13.5. The van der Waals surface area contributed by atoms with Crippen LogP contribution in [-0.2, 0) is 20.1 Å². The Balaban J connectivity index is 1.63.